The van der Waals surface area contributed by atoms with E-state index in [0.717, 1.165) is 27.0 Å². The highest BCUT2D eigenvalue weighted by Gasteiger charge is 2.20. The Morgan fingerprint density at radius 1 is 1.06 bits per heavy atom. The van der Waals surface area contributed by atoms with Gasteiger partial charge in [0.2, 0.25) is 0 Å². The van der Waals surface area contributed by atoms with Gasteiger partial charge in [-0.1, -0.05) is 30.3 Å². The van der Waals surface area contributed by atoms with Gasteiger partial charge in [0, 0.05) is 40.9 Å². The predicted octanol–water partition coefficient (Wildman–Crippen LogP) is 6.01. The molecule has 0 aliphatic carbocycles. The second-order valence-electron chi connectivity index (χ2n) is 9.90. The molecule has 0 saturated heterocycles. The number of halogens is 1. The third-order valence-electron chi connectivity index (χ3n) is 6.10. The highest BCUT2D eigenvalue weighted by molar-refractivity contribution is 9.10. The van der Waals surface area contributed by atoms with E-state index >= 15 is 0 Å². The molecule has 0 saturated carbocycles. The Hall–Kier alpha value is -2.90. The van der Waals surface area contributed by atoms with E-state index in [1.54, 1.807) is 25.3 Å². The number of para-hydroxylation sites is 1. The van der Waals surface area contributed by atoms with Crippen molar-refractivity contribution < 1.29 is 14.3 Å². The minimum atomic E-state index is -0.537. The van der Waals surface area contributed by atoms with Gasteiger partial charge < -0.3 is 14.0 Å². The number of aromatic nitrogens is 1. The standard InChI is InChI=1S/C29H35BrN2O4/c1-20(23-9-7-8-10-26(23)35-6)31(5)19-25-24(30)15-16-27(33)32(25)18-17-21-11-13-22(14-12-21)28(34)36-29(2,3)4/h7-16,20H,17-19H2,1-6H3. The number of ether oxygens (including phenoxy) is 2. The Morgan fingerprint density at radius 2 is 1.72 bits per heavy atom. The van der Waals surface area contributed by atoms with Gasteiger partial charge in [-0.05, 0) is 86.9 Å². The average molecular weight is 556 g/mol. The van der Waals surface area contributed by atoms with Crippen molar-refractivity contribution >= 4 is 21.9 Å². The van der Waals surface area contributed by atoms with Crippen molar-refractivity contribution in [1.29, 1.82) is 0 Å². The molecule has 0 aliphatic heterocycles. The Balaban J connectivity index is 1.76. The van der Waals surface area contributed by atoms with E-state index < -0.39 is 5.60 Å². The second kappa shape index (κ2) is 11.9. The topological polar surface area (TPSA) is 60.8 Å². The van der Waals surface area contributed by atoms with E-state index in [2.05, 4.69) is 33.8 Å². The molecule has 0 spiro atoms. The SMILES string of the molecule is COc1ccccc1C(C)N(C)Cc1c(Br)ccc(=O)n1CCc1ccc(C(=O)OC(C)(C)C)cc1. The summed E-state index contributed by atoms with van der Waals surface area (Å²) in [5.74, 6) is 0.503. The van der Waals surface area contributed by atoms with Crippen LogP contribution in [0.5, 0.6) is 5.75 Å². The molecule has 0 amide bonds. The lowest BCUT2D eigenvalue weighted by Gasteiger charge is -2.28. The first-order valence-electron chi connectivity index (χ1n) is 12.0. The monoisotopic (exact) mass is 554 g/mol. The number of carbonyl (C=O) groups excluding carboxylic acids is 1. The zero-order valence-electron chi connectivity index (χ0n) is 21.9. The fourth-order valence-corrected chi connectivity index (χ4v) is 4.48. The van der Waals surface area contributed by atoms with E-state index in [1.165, 1.54) is 0 Å². The maximum Gasteiger partial charge on any atom is 0.338 e. The Bertz CT molecular complexity index is 1250. The second-order valence-corrected chi connectivity index (χ2v) is 10.8. The Morgan fingerprint density at radius 3 is 2.36 bits per heavy atom. The van der Waals surface area contributed by atoms with Crippen LogP contribution in [0.2, 0.25) is 0 Å². The maximum absolute atomic E-state index is 12.9. The summed E-state index contributed by atoms with van der Waals surface area (Å²) in [4.78, 5) is 27.3. The minimum Gasteiger partial charge on any atom is -0.496 e. The highest BCUT2D eigenvalue weighted by Crippen LogP contribution is 2.30. The summed E-state index contributed by atoms with van der Waals surface area (Å²) in [5.41, 5.74) is 2.98. The van der Waals surface area contributed by atoms with Gasteiger partial charge in [0.05, 0.1) is 12.7 Å². The van der Waals surface area contributed by atoms with Crippen LogP contribution < -0.4 is 10.3 Å². The van der Waals surface area contributed by atoms with Crippen LogP contribution in [-0.4, -0.2) is 35.2 Å². The molecule has 3 rings (SSSR count). The molecule has 0 N–H and O–H groups in total. The Kier molecular flexibility index (Phi) is 9.14. The van der Waals surface area contributed by atoms with Crippen LogP contribution in [0.15, 0.2) is 69.9 Å². The lowest BCUT2D eigenvalue weighted by Crippen LogP contribution is -2.30. The van der Waals surface area contributed by atoms with Crippen LogP contribution in [0.3, 0.4) is 0 Å². The first kappa shape index (κ1) is 27.7. The van der Waals surface area contributed by atoms with Gasteiger partial charge >= 0.3 is 5.97 Å². The summed E-state index contributed by atoms with van der Waals surface area (Å²) in [6, 6.07) is 18.8. The van der Waals surface area contributed by atoms with Crippen LogP contribution in [-0.2, 0) is 24.2 Å². The highest BCUT2D eigenvalue weighted by atomic mass is 79.9. The molecule has 1 atom stereocenters. The van der Waals surface area contributed by atoms with Crippen LogP contribution in [0.1, 0.15) is 60.9 Å². The van der Waals surface area contributed by atoms with E-state index in [1.807, 2.05) is 68.8 Å². The molecule has 192 valence electrons. The number of aryl methyl sites for hydroxylation is 1. The summed E-state index contributed by atoms with van der Waals surface area (Å²) in [7, 11) is 3.72. The zero-order chi connectivity index (χ0) is 26.5. The average Bonchev–Trinajstić information content (AvgIpc) is 2.84. The quantitative estimate of drug-likeness (QED) is 0.303. The number of methoxy groups -OCH3 is 1. The summed E-state index contributed by atoms with van der Waals surface area (Å²) >= 11 is 3.66. The molecule has 2 aromatic carbocycles. The van der Waals surface area contributed by atoms with Gasteiger partial charge in [0.25, 0.3) is 5.56 Å². The Labute approximate surface area is 222 Å². The summed E-state index contributed by atoms with van der Waals surface area (Å²) < 4.78 is 13.7. The van der Waals surface area contributed by atoms with Gasteiger partial charge in [-0.15, -0.1) is 0 Å². The fraction of sp³-hybridized carbons (Fsp3) is 0.379. The molecule has 1 heterocycles. The first-order valence-corrected chi connectivity index (χ1v) is 12.8. The van der Waals surface area contributed by atoms with Crippen molar-refractivity contribution in [2.24, 2.45) is 0 Å². The molecule has 7 heteroatoms. The number of carbonyl (C=O) groups is 1. The molecule has 0 aliphatic rings. The molecule has 36 heavy (non-hydrogen) atoms. The minimum absolute atomic E-state index is 0.0445. The molecule has 0 fully saturated rings. The lowest BCUT2D eigenvalue weighted by atomic mass is 10.1. The summed E-state index contributed by atoms with van der Waals surface area (Å²) in [5, 5.41) is 0. The van der Waals surface area contributed by atoms with E-state index in [-0.39, 0.29) is 17.6 Å². The van der Waals surface area contributed by atoms with E-state index in [0.29, 0.717) is 25.1 Å². The lowest BCUT2D eigenvalue weighted by molar-refractivity contribution is 0.00695. The molecule has 1 unspecified atom stereocenters. The van der Waals surface area contributed by atoms with Crippen LogP contribution in [0, 0.1) is 0 Å². The molecular weight excluding hydrogens is 520 g/mol. The third-order valence-corrected chi connectivity index (χ3v) is 6.82. The summed E-state index contributed by atoms with van der Waals surface area (Å²) in [6.45, 7) is 8.77. The van der Waals surface area contributed by atoms with Crippen molar-refractivity contribution in [2.75, 3.05) is 14.2 Å². The third kappa shape index (κ3) is 7.08. The molecule has 0 bridgehead atoms. The van der Waals surface area contributed by atoms with E-state index in [4.69, 9.17) is 9.47 Å². The largest absolute Gasteiger partial charge is 0.496 e. The number of rotatable bonds is 9. The van der Waals surface area contributed by atoms with Crippen LogP contribution in [0.25, 0.3) is 0 Å². The number of benzene rings is 2. The van der Waals surface area contributed by atoms with Crippen LogP contribution >= 0.6 is 15.9 Å². The molecule has 3 aromatic rings. The van der Waals surface area contributed by atoms with Crippen molar-refractivity contribution in [3.63, 3.8) is 0 Å². The number of nitrogens with zero attached hydrogens (tertiary/aromatic N) is 2. The van der Waals surface area contributed by atoms with Crippen molar-refractivity contribution in [3.05, 3.63) is 97.9 Å². The number of esters is 1. The first-order chi connectivity index (χ1) is 17.0. The van der Waals surface area contributed by atoms with Gasteiger partial charge in [0.15, 0.2) is 0 Å². The number of pyridine rings is 1. The molecular formula is C29H35BrN2O4. The smallest absolute Gasteiger partial charge is 0.338 e. The molecule has 0 radical (unpaired) electrons. The van der Waals surface area contributed by atoms with Crippen molar-refractivity contribution in [1.82, 2.24) is 9.47 Å². The predicted molar refractivity (Wildman–Crippen MR) is 147 cm³/mol. The number of hydrogen-bond acceptors (Lipinski definition) is 5. The van der Waals surface area contributed by atoms with Gasteiger partial charge in [-0.2, -0.15) is 0 Å². The van der Waals surface area contributed by atoms with Gasteiger partial charge in [-0.25, -0.2) is 4.79 Å². The van der Waals surface area contributed by atoms with Crippen LogP contribution in [0.4, 0.5) is 0 Å². The normalized spacial score (nSPS) is 12.4. The van der Waals surface area contributed by atoms with Crippen molar-refractivity contribution in [2.45, 2.75) is 58.8 Å². The fourth-order valence-electron chi connectivity index (χ4n) is 4.01. The maximum atomic E-state index is 12.9. The van der Waals surface area contributed by atoms with Crippen molar-refractivity contribution in [3.8, 4) is 5.75 Å². The van der Waals surface area contributed by atoms with Gasteiger partial charge in [-0.3, -0.25) is 9.69 Å². The number of hydrogen-bond donors (Lipinski definition) is 0. The zero-order valence-corrected chi connectivity index (χ0v) is 23.5. The van der Waals surface area contributed by atoms with E-state index in [9.17, 15) is 9.59 Å². The summed E-state index contributed by atoms with van der Waals surface area (Å²) in [6.07, 6.45) is 0.656. The molecule has 6 nitrogen and oxygen atoms in total. The molecule has 1 aromatic heterocycles. The van der Waals surface area contributed by atoms with Gasteiger partial charge in [0.1, 0.15) is 11.4 Å².